The minimum atomic E-state index is -4.87. The number of aliphatic hydroxyl groups is 1. The summed E-state index contributed by atoms with van der Waals surface area (Å²) in [4.78, 5) is 111. The Hall–Kier alpha value is -5.89. The second kappa shape index (κ2) is 15.7. The highest BCUT2D eigenvalue weighted by atomic mass is 19.4. The van der Waals surface area contributed by atoms with Gasteiger partial charge in [-0.05, 0) is 77.4 Å². The number of likely N-dealkylation sites (N-methyl/N-ethyl adjacent to an activating group) is 1. The molecule has 318 valence electrons. The van der Waals surface area contributed by atoms with Crippen molar-refractivity contribution in [2.24, 2.45) is 29.4 Å². The molecule has 3 aliphatic carbocycles. The van der Waals surface area contributed by atoms with Crippen molar-refractivity contribution < 1.29 is 71.2 Å². The van der Waals surface area contributed by atoms with Gasteiger partial charge in [0.15, 0.2) is 34.7 Å². The maximum atomic E-state index is 14.4. The molecule has 6 atom stereocenters. The number of phenolic OH excluding ortho intramolecular Hbond substituents is 1. The highest BCUT2D eigenvalue weighted by Crippen LogP contribution is 2.53. The van der Waals surface area contributed by atoms with Crippen molar-refractivity contribution in [3.63, 3.8) is 0 Å². The number of nitrogens with one attached hydrogen (secondary N) is 1. The van der Waals surface area contributed by atoms with Gasteiger partial charge in [-0.3, -0.25) is 38.6 Å². The first-order valence-corrected chi connectivity index (χ1v) is 18.2. The van der Waals surface area contributed by atoms with Gasteiger partial charge in [0.2, 0.25) is 18.6 Å². The number of ether oxygens (including phenoxy) is 2. The van der Waals surface area contributed by atoms with Gasteiger partial charge in [0, 0.05) is 31.2 Å². The summed E-state index contributed by atoms with van der Waals surface area (Å²) in [6.45, 7) is 2.67. The van der Waals surface area contributed by atoms with Crippen molar-refractivity contribution in [1.82, 2.24) is 9.80 Å². The number of alkyl halides is 3. The third kappa shape index (κ3) is 7.85. The second-order valence-corrected chi connectivity index (χ2v) is 16.1. The number of rotatable bonds is 9. The molecule has 0 aliphatic heterocycles. The summed E-state index contributed by atoms with van der Waals surface area (Å²) in [5.41, 5.74) is -0.929. The van der Waals surface area contributed by atoms with Crippen LogP contribution in [0.5, 0.6) is 5.75 Å². The first-order valence-electron chi connectivity index (χ1n) is 18.2. The molecule has 2 saturated carbocycles. The molecule has 2 aromatic carbocycles. The number of nitrogens with two attached hydrogens (primary N) is 1. The zero-order valence-corrected chi connectivity index (χ0v) is 33.1. The lowest BCUT2D eigenvalue weighted by atomic mass is 9.52. The van der Waals surface area contributed by atoms with E-state index >= 15 is 0 Å². The van der Waals surface area contributed by atoms with E-state index in [4.69, 9.17) is 15.2 Å². The maximum Gasteiger partial charge on any atom is 0.417 e. The number of carbonyl (C=O) groups excluding carboxylic acids is 8. The fourth-order valence-corrected chi connectivity index (χ4v) is 8.25. The first kappa shape index (κ1) is 44.2. The molecule has 20 heteroatoms. The van der Waals surface area contributed by atoms with Crippen LogP contribution in [0, 0.1) is 23.7 Å². The number of hydrogen-bond acceptors (Lipinski definition) is 14. The smallest absolute Gasteiger partial charge is 0.417 e. The van der Waals surface area contributed by atoms with Gasteiger partial charge >= 0.3 is 18.2 Å². The van der Waals surface area contributed by atoms with Crippen LogP contribution in [0.3, 0.4) is 0 Å². The Morgan fingerprint density at radius 3 is 2.17 bits per heavy atom. The summed E-state index contributed by atoms with van der Waals surface area (Å²) in [7, 11) is 6.16. The lowest BCUT2D eigenvalue weighted by Crippen LogP contribution is -2.74. The first-order chi connectivity index (χ1) is 27.2. The number of benzene rings is 2. The molecule has 2 unspecified atom stereocenters. The van der Waals surface area contributed by atoms with Crippen molar-refractivity contribution in [3.05, 3.63) is 52.6 Å². The average Bonchev–Trinajstić information content (AvgIpc) is 3.11. The number of esters is 1. The number of primary amides is 1. The van der Waals surface area contributed by atoms with Crippen LogP contribution in [0.1, 0.15) is 59.0 Å². The summed E-state index contributed by atoms with van der Waals surface area (Å²) < 4.78 is 49.9. The predicted molar refractivity (Wildman–Crippen MR) is 199 cm³/mol. The standard InChI is InChI=1S/C39H44F3N5O12/c1-37(2,3)47(36(56)59-16-58-35(55)18-10-8-9-11-20(18)39(40,41)42)15-24(48)44-22-14-23(45(4)5)19-12-17-13-21-28(46(6)7)31(51)27(34(43)54)33(53)38(21,57)32(52)25(17)30(50)26(19)29(22)49/h8-11,14,17,21,25,27-28,49,57H,12-13,15-16H2,1-7H3,(H2,43,54)(H,44,48)/t17-,21-,25?,27?,28-,38-/m0/s1. The monoisotopic (exact) mass is 831 g/mol. The van der Waals surface area contributed by atoms with E-state index in [-0.39, 0.29) is 29.7 Å². The number of hydrogen-bond donors (Lipinski definition) is 4. The number of carbonyl (C=O) groups is 8. The number of anilines is 2. The van der Waals surface area contributed by atoms with E-state index in [2.05, 4.69) is 5.32 Å². The summed E-state index contributed by atoms with van der Waals surface area (Å²) >= 11 is 0. The molecule has 2 fully saturated rings. The minimum absolute atomic E-state index is 0.0445. The Balaban J connectivity index is 1.40. The van der Waals surface area contributed by atoms with Gasteiger partial charge in [-0.25, -0.2) is 9.59 Å². The number of amides is 3. The molecular formula is C39H44F3N5O12. The molecule has 0 spiro atoms. The molecule has 2 aromatic rings. The van der Waals surface area contributed by atoms with E-state index in [1.165, 1.54) is 51.9 Å². The topological polar surface area (TPSA) is 243 Å². The summed E-state index contributed by atoms with van der Waals surface area (Å²) in [6.07, 6.45) is -6.30. The van der Waals surface area contributed by atoms with E-state index in [9.17, 15) is 61.7 Å². The molecule has 0 radical (unpaired) electrons. The number of aromatic hydroxyl groups is 1. The van der Waals surface area contributed by atoms with Crippen LogP contribution in [-0.2, 0) is 46.0 Å². The maximum absolute atomic E-state index is 14.4. The van der Waals surface area contributed by atoms with Gasteiger partial charge in [0.1, 0.15) is 12.3 Å². The van der Waals surface area contributed by atoms with Gasteiger partial charge in [0.25, 0.3) is 0 Å². The third-order valence-corrected chi connectivity index (χ3v) is 11.0. The highest BCUT2D eigenvalue weighted by molar-refractivity contribution is 6.32. The zero-order valence-electron chi connectivity index (χ0n) is 33.1. The second-order valence-electron chi connectivity index (χ2n) is 16.1. The lowest BCUT2D eigenvalue weighted by Gasteiger charge is -2.52. The van der Waals surface area contributed by atoms with Crippen LogP contribution in [-0.4, -0.2) is 126 Å². The van der Waals surface area contributed by atoms with Gasteiger partial charge in [-0.2, -0.15) is 13.2 Å². The quantitative estimate of drug-likeness (QED) is 0.122. The molecule has 3 aliphatic rings. The average molecular weight is 832 g/mol. The van der Waals surface area contributed by atoms with Crippen molar-refractivity contribution in [2.75, 3.05) is 51.7 Å². The largest absolute Gasteiger partial charge is 0.505 e. The summed E-state index contributed by atoms with van der Waals surface area (Å²) in [5.74, 6) is -15.1. The summed E-state index contributed by atoms with van der Waals surface area (Å²) in [6, 6.07) is 3.90. The predicted octanol–water partition coefficient (Wildman–Crippen LogP) is 1.94. The van der Waals surface area contributed by atoms with Crippen LogP contribution < -0.4 is 16.0 Å². The molecular weight excluding hydrogens is 787 g/mol. The van der Waals surface area contributed by atoms with E-state index in [0.29, 0.717) is 11.8 Å². The van der Waals surface area contributed by atoms with E-state index in [0.717, 1.165) is 17.0 Å². The third-order valence-electron chi connectivity index (χ3n) is 11.0. The van der Waals surface area contributed by atoms with Crippen molar-refractivity contribution in [2.45, 2.75) is 57.0 Å². The Kier molecular flexibility index (Phi) is 11.8. The number of nitrogens with zero attached hydrogens (tertiary/aromatic N) is 3. The lowest BCUT2D eigenvalue weighted by molar-refractivity contribution is -0.181. The normalized spacial score (nSPS) is 24.1. The molecule has 0 saturated heterocycles. The highest BCUT2D eigenvalue weighted by Gasteiger charge is 2.69. The number of ketones is 4. The molecule has 5 N–H and O–H groups in total. The van der Waals surface area contributed by atoms with E-state index in [1.807, 2.05) is 0 Å². The molecule has 17 nitrogen and oxygen atoms in total. The molecule has 59 heavy (non-hydrogen) atoms. The van der Waals surface area contributed by atoms with Crippen LogP contribution in [0.15, 0.2) is 30.3 Å². The fraction of sp³-hybridized carbons (Fsp3) is 0.487. The fourth-order valence-electron chi connectivity index (χ4n) is 8.25. The van der Waals surface area contributed by atoms with E-state index in [1.54, 1.807) is 19.0 Å². The zero-order chi connectivity index (χ0) is 44.3. The Morgan fingerprint density at radius 1 is 0.983 bits per heavy atom. The minimum Gasteiger partial charge on any atom is -0.505 e. The Labute approximate surface area is 335 Å². The number of phenols is 1. The van der Waals surface area contributed by atoms with E-state index < -0.39 is 124 Å². The van der Waals surface area contributed by atoms with Gasteiger partial charge in [-0.1, -0.05) is 12.1 Å². The molecule has 3 amide bonds. The van der Waals surface area contributed by atoms with Gasteiger partial charge in [0.05, 0.1) is 34.3 Å². The van der Waals surface area contributed by atoms with Crippen molar-refractivity contribution >= 4 is 58.4 Å². The van der Waals surface area contributed by atoms with Crippen LogP contribution in [0.4, 0.5) is 29.3 Å². The van der Waals surface area contributed by atoms with Crippen LogP contribution >= 0.6 is 0 Å². The van der Waals surface area contributed by atoms with Crippen molar-refractivity contribution in [1.29, 1.82) is 0 Å². The number of Topliss-reactive ketones (excluding diaryl/α,β-unsaturated/α-hetero) is 4. The van der Waals surface area contributed by atoms with Crippen LogP contribution in [0.2, 0.25) is 0 Å². The van der Waals surface area contributed by atoms with Gasteiger partial charge in [-0.15, -0.1) is 0 Å². The Bertz CT molecular complexity index is 2150. The molecule has 0 heterocycles. The Morgan fingerprint density at radius 2 is 1.61 bits per heavy atom. The number of fused-ring (bicyclic) bond motifs is 3. The molecule has 5 rings (SSSR count). The van der Waals surface area contributed by atoms with Crippen LogP contribution in [0.25, 0.3) is 0 Å². The molecule has 0 aromatic heterocycles. The SMILES string of the molecule is CN(C)c1cc(NC(=O)CN(C(=O)OCOC(=O)c2ccccc2C(F)(F)F)C(C)(C)C)c(O)c2c1C[C@H]1C[C@H]3[C@H](N(C)C)C(=O)C(C(N)=O)C(=O)[C@@]3(O)C(=O)C1C2=O. The molecule has 0 bridgehead atoms. The number of halogens is 3. The van der Waals surface area contributed by atoms with Crippen molar-refractivity contribution in [3.8, 4) is 5.75 Å². The van der Waals surface area contributed by atoms with Gasteiger partial charge < -0.3 is 35.6 Å². The summed E-state index contributed by atoms with van der Waals surface area (Å²) in [5, 5.41) is 25.9.